The van der Waals surface area contributed by atoms with E-state index in [0.717, 1.165) is 0 Å². The number of nitrogens with zero attached hydrogens (tertiary/aromatic N) is 2. The highest BCUT2D eigenvalue weighted by Gasteiger charge is 2.17. The second kappa shape index (κ2) is 3.92. The van der Waals surface area contributed by atoms with Gasteiger partial charge in [-0.05, 0) is 18.2 Å². The molecule has 0 saturated heterocycles. The zero-order valence-corrected chi connectivity index (χ0v) is 9.19. The Morgan fingerprint density at radius 1 is 1.53 bits per heavy atom. The van der Waals surface area contributed by atoms with Crippen molar-refractivity contribution in [2.45, 2.75) is 0 Å². The van der Waals surface area contributed by atoms with Crippen molar-refractivity contribution in [1.29, 1.82) is 5.26 Å². The fourth-order valence-corrected chi connectivity index (χ4v) is 1.80. The Morgan fingerprint density at radius 2 is 2.24 bits per heavy atom. The maximum absolute atomic E-state index is 11.0. The quantitative estimate of drug-likeness (QED) is 0.751. The van der Waals surface area contributed by atoms with Crippen molar-refractivity contribution in [3.8, 4) is 6.07 Å². The standard InChI is InChI=1S/C11H6ClN3O2/c12-10-8(11(16)17)9(14)6-3-5(4-13)1-2-7(6)15-10/h1-3H,(H2,14,15)(H,16,17). The smallest absolute Gasteiger partial charge is 0.340 e. The highest BCUT2D eigenvalue weighted by molar-refractivity contribution is 6.34. The van der Waals surface area contributed by atoms with Gasteiger partial charge in [0.15, 0.2) is 0 Å². The Balaban J connectivity index is 2.89. The summed E-state index contributed by atoms with van der Waals surface area (Å²) in [4.78, 5) is 14.9. The van der Waals surface area contributed by atoms with Gasteiger partial charge in [-0.3, -0.25) is 0 Å². The van der Waals surface area contributed by atoms with Crippen LogP contribution in [-0.2, 0) is 0 Å². The third kappa shape index (κ3) is 1.75. The monoisotopic (exact) mass is 247 g/mol. The molecular formula is C11H6ClN3O2. The van der Waals surface area contributed by atoms with Crippen LogP contribution in [0.15, 0.2) is 18.2 Å². The van der Waals surface area contributed by atoms with Crippen LogP contribution in [0, 0.1) is 11.3 Å². The molecule has 0 fully saturated rings. The van der Waals surface area contributed by atoms with E-state index in [4.69, 9.17) is 27.7 Å². The first kappa shape index (κ1) is 11.2. The van der Waals surface area contributed by atoms with Gasteiger partial charge >= 0.3 is 5.97 Å². The van der Waals surface area contributed by atoms with E-state index < -0.39 is 5.97 Å². The molecule has 6 heteroatoms. The number of hydrogen-bond acceptors (Lipinski definition) is 4. The summed E-state index contributed by atoms with van der Waals surface area (Å²) in [5.41, 5.74) is 6.34. The molecule has 17 heavy (non-hydrogen) atoms. The first-order valence-corrected chi connectivity index (χ1v) is 4.94. The number of carbonyl (C=O) groups is 1. The number of aromatic nitrogens is 1. The maximum Gasteiger partial charge on any atom is 0.340 e. The average molecular weight is 248 g/mol. The Kier molecular flexibility index (Phi) is 2.58. The van der Waals surface area contributed by atoms with Crippen LogP contribution in [0.2, 0.25) is 5.15 Å². The number of halogens is 1. The van der Waals surface area contributed by atoms with E-state index in [2.05, 4.69) is 4.98 Å². The van der Waals surface area contributed by atoms with Crippen molar-refractivity contribution in [3.63, 3.8) is 0 Å². The molecule has 1 aromatic heterocycles. The minimum absolute atomic E-state index is 0.0181. The molecule has 0 atom stereocenters. The second-order valence-electron chi connectivity index (χ2n) is 3.34. The highest BCUT2D eigenvalue weighted by atomic mass is 35.5. The van der Waals surface area contributed by atoms with Gasteiger partial charge < -0.3 is 10.8 Å². The van der Waals surface area contributed by atoms with Crippen molar-refractivity contribution in [2.24, 2.45) is 0 Å². The number of benzene rings is 1. The molecule has 0 aliphatic heterocycles. The van der Waals surface area contributed by atoms with Gasteiger partial charge in [-0.1, -0.05) is 11.6 Å². The Bertz CT molecular complexity index is 676. The number of nitriles is 1. The molecule has 84 valence electrons. The Labute approximate surface area is 101 Å². The van der Waals surface area contributed by atoms with Crippen LogP contribution >= 0.6 is 11.6 Å². The lowest BCUT2D eigenvalue weighted by Crippen LogP contribution is -2.05. The van der Waals surface area contributed by atoms with E-state index >= 15 is 0 Å². The van der Waals surface area contributed by atoms with E-state index in [1.807, 2.05) is 6.07 Å². The van der Waals surface area contributed by atoms with Crippen LogP contribution < -0.4 is 5.73 Å². The van der Waals surface area contributed by atoms with E-state index in [1.54, 1.807) is 12.1 Å². The number of pyridine rings is 1. The van der Waals surface area contributed by atoms with Gasteiger partial charge in [0.05, 0.1) is 22.8 Å². The van der Waals surface area contributed by atoms with Crippen molar-refractivity contribution in [1.82, 2.24) is 4.98 Å². The fraction of sp³-hybridized carbons (Fsp3) is 0. The van der Waals surface area contributed by atoms with Crippen LogP contribution in [0.4, 0.5) is 5.69 Å². The lowest BCUT2D eigenvalue weighted by atomic mass is 10.1. The summed E-state index contributed by atoms with van der Waals surface area (Å²) in [5.74, 6) is -1.25. The number of rotatable bonds is 1. The van der Waals surface area contributed by atoms with Crippen molar-refractivity contribution in [3.05, 3.63) is 34.5 Å². The van der Waals surface area contributed by atoms with E-state index in [0.29, 0.717) is 16.5 Å². The number of carboxylic acid groups (broad SMARTS) is 1. The van der Waals surface area contributed by atoms with Gasteiger partial charge in [-0.15, -0.1) is 0 Å². The number of hydrogen-bond donors (Lipinski definition) is 2. The van der Waals surface area contributed by atoms with Gasteiger partial charge in [0, 0.05) is 5.39 Å². The largest absolute Gasteiger partial charge is 0.478 e. The molecule has 0 amide bonds. The maximum atomic E-state index is 11.0. The molecule has 0 bridgehead atoms. The van der Waals surface area contributed by atoms with Crippen molar-refractivity contribution < 1.29 is 9.90 Å². The van der Waals surface area contributed by atoms with Gasteiger partial charge in [-0.2, -0.15) is 5.26 Å². The molecule has 3 N–H and O–H groups in total. The van der Waals surface area contributed by atoms with E-state index in [-0.39, 0.29) is 16.4 Å². The summed E-state index contributed by atoms with van der Waals surface area (Å²) < 4.78 is 0. The normalized spacial score (nSPS) is 10.1. The third-order valence-electron chi connectivity index (χ3n) is 2.32. The molecule has 0 spiro atoms. The number of nitrogen functional groups attached to an aromatic ring is 1. The topological polar surface area (TPSA) is 100 Å². The SMILES string of the molecule is N#Cc1ccc2nc(Cl)c(C(=O)O)c(N)c2c1. The van der Waals surface area contributed by atoms with Crippen LogP contribution in [0.3, 0.4) is 0 Å². The van der Waals surface area contributed by atoms with Gasteiger partial charge in [0.2, 0.25) is 0 Å². The van der Waals surface area contributed by atoms with Crippen LogP contribution in [0.1, 0.15) is 15.9 Å². The molecule has 0 radical (unpaired) electrons. The van der Waals surface area contributed by atoms with Crippen LogP contribution in [0.25, 0.3) is 10.9 Å². The van der Waals surface area contributed by atoms with Crippen LogP contribution in [0.5, 0.6) is 0 Å². The molecule has 1 aromatic carbocycles. The lowest BCUT2D eigenvalue weighted by molar-refractivity contribution is 0.0698. The zero-order chi connectivity index (χ0) is 12.6. The minimum atomic E-state index is -1.25. The summed E-state index contributed by atoms with van der Waals surface area (Å²) in [6.45, 7) is 0. The summed E-state index contributed by atoms with van der Waals surface area (Å²) in [5, 5.41) is 18.0. The first-order chi connectivity index (χ1) is 8.04. The van der Waals surface area contributed by atoms with E-state index in [1.165, 1.54) is 6.07 Å². The summed E-state index contributed by atoms with van der Waals surface area (Å²) in [6.07, 6.45) is 0. The molecular weight excluding hydrogens is 242 g/mol. The Morgan fingerprint density at radius 3 is 2.82 bits per heavy atom. The number of carboxylic acids is 1. The predicted octanol–water partition coefficient (Wildman–Crippen LogP) is 2.04. The number of fused-ring (bicyclic) bond motifs is 1. The second-order valence-corrected chi connectivity index (χ2v) is 3.70. The molecule has 0 unspecified atom stereocenters. The molecule has 2 aromatic rings. The number of anilines is 1. The van der Waals surface area contributed by atoms with Gasteiger partial charge in [0.25, 0.3) is 0 Å². The van der Waals surface area contributed by atoms with Gasteiger partial charge in [-0.25, -0.2) is 9.78 Å². The molecule has 2 rings (SSSR count). The third-order valence-corrected chi connectivity index (χ3v) is 2.60. The van der Waals surface area contributed by atoms with E-state index in [9.17, 15) is 4.79 Å². The first-order valence-electron chi connectivity index (χ1n) is 4.56. The number of aromatic carboxylic acids is 1. The molecule has 0 aliphatic rings. The lowest BCUT2D eigenvalue weighted by Gasteiger charge is -2.07. The average Bonchev–Trinajstić information content (AvgIpc) is 2.28. The summed E-state index contributed by atoms with van der Waals surface area (Å²) in [7, 11) is 0. The molecule has 0 aliphatic carbocycles. The van der Waals surface area contributed by atoms with Gasteiger partial charge in [0.1, 0.15) is 10.7 Å². The summed E-state index contributed by atoms with van der Waals surface area (Å²) in [6, 6.07) is 6.56. The molecule has 1 heterocycles. The Hall–Kier alpha value is -2.32. The molecule has 0 saturated carbocycles. The summed E-state index contributed by atoms with van der Waals surface area (Å²) >= 11 is 5.74. The highest BCUT2D eigenvalue weighted by Crippen LogP contribution is 2.29. The zero-order valence-electron chi connectivity index (χ0n) is 8.44. The predicted molar refractivity (Wildman–Crippen MR) is 62.8 cm³/mol. The minimum Gasteiger partial charge on any atom is -0.478 e. The van der Waals surface area contributed by atoms with Crippen LogP contribution in [-0.4, -0.2) is 16.1 Å². The number of nitrogens with two attached hydrogens (primary N) is 1. The van der Waals surface area contributed by atoms with Crippen molar-refractivity contribution in [2.75, 3.05) is 5.73 Å². The fourth-order valence-electron chi connectivity index (χ4n) is 1.53. The molecule has 5 nitrogen and oxygen atoms in total. The van der Waals surface area contributed by atoms with Crippen molar-refractivity contribution >= 4 is 34.2 Å².